The number of benzene rings is 1. The first-order valence-corrected chi connectivity index (χ1v) is 14.3. The van der Waals surface area contributed by atoms with Crippen molar-refractivity contribution in [2.45, 2.75) is 96.3 Å². The lowest BCUT2D eigenvalue weighted by atomic mass is 9.89. The number of nitrogens with zero attached hydrogens (tertiary/aromatic N) is 1. The molecule has 0 saturated carbocycles. The Hall–Kier alpha value is -2.35. The number of anilines is 1. The van der Waals surface area contributed by atoms with Crippen molar-refractivity contribution < 1.29 is 132 Å². The van der Waals surface area contributed by atoms with E-state index in [9.17, 15) is 132 Å². The van der Waals surface area contributed by atoms with Crippen molar-refractivity contribution in [3.05, 3.63) is 27.8 Å². The number of rotatable bonds is 17. The molecule has 1 aromatic rings. The van der Waals surface area contributed by atoms with Crippen molar-refractivity contribution in [2.24, 2.45) is 0 Å². The molecule has 0 saturated heterocycles. The number of halogens is 31. The van der Waals surface area contributed by atoms with Crippen molar-refractivity contribution in [3.63, 3.8) is 0 Å². The molecule has 0 aliphatic heterocycles. The molecule has 0 radical (unpaired) electrons. The van der Waals surface area contributed by atoms with Gasteiger partial charge in [-0.3, -0.25) is 0 Å². The first-order valence-electron chi connectivity index (χ1n) is 13.2. The second-order valence-electron chi connectivity index (χ2n) is 11.1. The van der Waals surface area contributed by atoms with Gasteiger partial charge in [0.2, 0.25) is 0 Å². The minimum absolute atomic E-state index is 0.0306. The summed E-state index contributed by atoms with van der Waals surface area (Å²) in [6, 6.07) is 2.16. The first-order chi connectivity index (χ1) is 24.1. The quantitative estimate of drug-likeness (QED) is 0.111. The van der Waals surface area contributed by atoms with Crippen LogP contribution in [0.15, 0.2) is 24.3 Å². The summed E-state index contributed by atoms with van der Waals surface area (Å²) in [6.07, 6.45) is -22.7. The fraction of sp³-hybridized carbons (Fsp3) is 0.750. The molecule has 0 unspecified atom stereocenters. The van der Waals surface area contributed by atoms with E-state index >= 15 is 0 Å². The maximum absolute atomic E-state index is 14.4. The summed E-state index contributed by atoms with van der Waals surface area (Å²) in [6.45, 7) is -5.08. The van der Waals surface area contributed by atoms with Gasteiger partial charge in [-0.25, -0.2) is 0 Å². The van der Waals surface area contributed by atoms with Crippen molar-refractivity contribution in [1.29, 1.82) is 0 Å². The van der Waals surface area contributed by atoms with E-state index in [1.807, 2.05) is 0 Å². The molecule has 0 N–H and O–H groups in total. The van der Waals surface area contributed by atoms with Gasteiger partial charge in [0.25, 0.3) is 0 Å². The van der Waals surface area contributed by atoms with Gasteiger partial charge in [0.05, 0.1) is 0 Å². The van der Waals surface area contributed by atoms with Crippen LogP contribution in [0.1, 0.15) is 12.8 Å². The SMILES string of the molecule is FC(F)(F)C(F)(F)C(F)(F)C(F)(F)C(F)(F)C(F)(F)C(F)(F)CCN(CCC(F)(F)C(F)(F)C(F)(F)C(F)(F)C(F)(F)C(F)(F)C(F)(F)F)c1ccc(I)cc1. The predicted molar refractivity (Wildman–Crippen MR) is 132 cm³/mol. The molecule has 0 spiro atoms. The summed E-state index contributed by atoms with van der Waals surface area (Å²) >= 11 is 1.34. The van der Waals surface area contributed by atoms with Crippen LogP contribution in [0, 0.1) is 3.57 Å². The van der Waals surface area contributed by atoms with Gasteiger partial charge >= 0.3 is 83.4 Å². The Morgan fingerprint density at radius 3 is 0.768 bits per heavy atom. The Kier molecular flexibility index (Phi) is 13.3. The molecule has 56 heavy (non-hydrogen) atoms. The molecule has 0 aliphatic rings. The van der Waals surface area contributed by atoms with Crippen LogP contribution < -0.4 is 4.90 Å². The zero-order valence-electron chi connectivity index (χ0n) is 25.3. The average Bonchev–Trinajstić information content (AvgIpc) is 2.99. The summed E-state index contributed by atoms with van der Waals surface area (Å²) in [4.78, 5) is -0.588. The van der Waals surface area contributed by atoms with Crippen LogP contribution in [0.2, 0.25) is 0 Å². The standard InChI is InChI=1S/C24H12F30IN/c25-11(26,13(29,30)15(33,34)17(37,38)19(41,42)21(45,46)23(49,50)51)5-7-56(10-3-1-9(55)2-4-10)8-6-12(27,28)14(31,32)16(35,36)18(39,40)20(43,44)22(47,48)24(52,53)54/h1-4H,5-8H2. The van der Waals surface area contributed by atoms with Crippen LogP contribution in [0.25, 0.3) is 0 Å². The van der Waals surface area contributed by atoms with E-state index in [0.29, 0.717) is 24.3 Å². The zero-order chi connectivity index (χ0) is 45.4. The van der Waals surface area contributed by atoms with E-state index in [4.69, 9.17) is 0 Å². The first kappa shape index (κ1) is 51.7. The second kappa shape index (κ2) is 14.4. The van der Waals surface area contributed by atoms with E-state index in [1.54, 1.807) is 0 Å². The molecular weight excluding hydrogens is 999 g/mol. The molecule has 0 amide bonds. The third-order valence-electron chi connectivity index (χ3n) is 7.37. The molecule has 0 atom stereocenters. The number of hydrogen-bond donors (Lipinski definition) is 0. The fourth-order valence-electron chi connectivity index (χ4n) is 3.89. The topological polar surface area (TPSA) is 3.24 Å². The molecule has 0 heterocycles. The Morgan fingerprint density at radius 2 is 0.536 bits per heavy atom. The van der Waals surface area contributed by atoms with E-state index in [-0.39, 0.29) is 3.57 Å². The largest absolute Gasteiger partial charge is 0.460 e. The third-order valence-corrected chi connectivity index (χ3v) is 8.09. The molecule has 1 nitrogen and oxygen atoms in total. The van der Waals surface area contributed by atoms with E-state index in [0.717, 1.165) is 0 Å². The number of alkyl halides is 30. The Balaban J connectivity index is 3.67. The monoisotopic (exact) mass is 1010 g/mol. The highest BCUT2D eigenvalue weighted by atomic mass is 127. The van der Waals surface area contributed by atoms with Gasteiger partial charge in [0.15, 0.2) is 0 Å². The molecule has 32 heteroatoms. The van der Waals surface area contributed by atoms with E-state index in [2.05, 4.69) is 0 Å². The summed E-state index contributed by atoms with van der Waals surface area (Å²) < 4.78 is 405. The van der Waals surface area contributed by atoms with Crippen molar-refractivity contribution in [1.82, 2.24) is 0 Å². The smallest absolute Gasteiger partial charge is 0.371 e. The molecule has 0 aromatic heterocycles. The molecule has 0 fully saturated rings. The summed E-state index contributed by atoms with van der Waals surface area (Å²) in [5, 5.41) is 0. The van der Waals surface area contributed by atoms with Gasteiger partial charge in [-0.2, -0.15) is 132 Å². The molecule has 0 bridgehead atoms. The van der Waals surface area contributed by atoms with Crippen LogP contribution in [-0.2, 0) is 0 Å². The highest BCUT2D eigenvalue weighted by Gasteiger charge is 2.94. The molecule has 330 valence electrons. The lowest BCUT2D eigenvalue weighted by molar-refractivity contribution is -0.452. The lowest BCUT2D eigenvalue weighted by Crippen LogP contribution is -2.72. The highest BCUT2D eigenvalue weighted by Crippen LogP contribution is 2.64. The average molecular weight is 1010 g/mol. The van der Waals surface area contributed by atoms with Gasteiger partial charge < -0.3 is 4.90 Å². The fourth-order valence-corrected chi connectivity index (χ4v) is 4.24. The van der Waals surface area contributed by atoms with Crippen LogP contribution in [0.3, 0.4) is 0 Å². The van der Waals surface area contributed by atoms with Crippen molar-refractivity contribution in [3.8, 4) is 0 Å². The van der Waals surface area contributed by atoms with Gasteiger partial charge in [0.1, 0.15) is 0 Å². The van der Waals surface area contributed by atoms with Crippen LogP contribution in [0.4, 0.5) is 137 Å². The zero-order valence-corrected chi connectivity index (χ0v) is 27.5. The molecule has 1 aromatic carbocycles. The Bertz CT molecular complexity index is 1410. The highest BCUT2D eigenvalue weighted by molar-refractivity contribution is 14.1. The normalized spacial score (nSPS) is 16.1. The van der Waals surface area contributed by atoms with Gasteiger partial charge in [-0.15, -0.1) is 0 Å². The molecule has 1 rings (SSSR count). The van der Waals surface area contributed by atoms with Crippen LogP contribution >= 0.6 is 22.6 Å². The third kappa shape index (κ3) is 7.65. The molecular formula is C24H12F30IN. The Morgan fingerprint density at radius 1 is 0.321 bits per heavy atom. The lowest BCUT2D eigenvalue weighted by Gasteiger charge is -2.42. The number of hydrogen-bond acceptors (Lipinski definition) is 1. The predicted octanol–water partition coefficient (Wildman–Crippen LogP) is 12.6. The minimum Gasteiger partial charge on any atom is -0.371 e. The molecule has 0 aliphatic carbocycles. The summed E-state index contributed by atoms with van der Waals surface area (Å²) in [7, 11) is 0. The maximum atomic E-state index is 14.4. The maximum Gasteiger partial charge on any atom is 0.460 e. The van der Waals surface area contributed by atoms with Gasteiger partial charge in [0, 0.05) is 35.2 Å². The van der Waals surface area contributed by atoms with Crippen molar-refractivity contribution in [2.75, 3.05) is 18.0 Å². The van der Waals surface area contributed by atoms with Gasteiger partial charge in [-0.1, -0.05) is 0 Å². The van der Waals surface area contributed by atoms with Crippen LogP contribution in [-0.4, -0.2) is 96.5 Å². The van der Waals surface area contributed by atoms with Gasteiger partial charge in [-0.05, 0) is 46.9 Å². The summed E-state index contributed by atoms with van der Waals surface area (Å²) in [5.74, 6) is -99.7. The van der Waals surface area contributed by atoms with E-state index < -0.39 is 120 Å². The van der Waals surface area contributed by atoms with Crippen LogP contribution in [0.5, 0.6) is 0 Å². The summed E-state index contributed by atoms with van der Waals surface area (Å²) in [5.41, 5.74) is -1.16. The minimum atomic E-state index is -8.79. The van der Waals surface area contributed by atoms with E-state index in [1.165, 1.54) is 22.6 Å². The second-order valence-corrected chi connectivity index (χ2v) is 12.4. The Labute approximate surface area is 302 Å². The van der Waals surface area contributed by atoms with Crippen molar-refractivity contribution >= 4 is 28.3 Å².